The third-order valence-corrected chi connectivity index (χ3v) is 2.87. The van der Waals surface area contributed by atoms with Crippen LogP contribution in [0.15, 0.2) is 11.4 Å². The number of nitro groups is 1. The van der Waals surface area contributed by atoms with Crippen LogP contribution in [-0.4, -0.2) is 22.9 Å². The number of carbonyl (C=O) groups is 1. The van der Waals surface area contributed by atoms with Gasteiger partial charge in [-0.05, 0) is 13.8 Å². The average molecular weight is 280 g/mol. The largest absolute Gasteiger partial charge is 0.346 e. The molecule has 0 fully saturated rings. The highest BCUT2D eigenvalue weighted by atomic mass is 35.5. The number of nitrogens with zero attached hydrogens (tertiary/aromatic N) is 1. The van der Waals surface area contributed by atoms with E-state index in [1.54, 1.807) is 13.8 Å². The van der Waals surface area contributed by atoms with Gasteiger partial charge in [-0.15, -0.1) is 12.4 Å². The second-order valence-corrected chi connectivity index (χ2v) is 4.86. The lowest BCUT2D eigenvalue weighted by Crippen LogP contribution is -2.48. The Morgan fingerprint density at radius 3 is 2.65 bits per heavy atom. The Morgan fingerprint density at radius 2 is 2.24 bits per heavy atom. The maximum absolute atomic E-state index is 11.7. The first kappa shape index (κ1) is 15.8. The van der Waals surface area contributed by atoms with E-state index in [1.807, 2.05) is 0 Å². The van der Waals surface area contributed by atoms with E-state index in [2.05, 4.69) is 5.32 Å². The van der Waals surface area contributed by atoms with Crippen molar-refractivity contribution in [1.29, 1.82) is 0 Å². The predicted octanol–water partition coefficient (Wildman–Crippen LogP) is 1.55. The van der Waals surface area contributed by atoms with Gasteiger partial charge in [-0.25, -0.2) is 0 Å². The second kappa shape index (κ2) is 5.95. The van der Waals surface area contributed by atoms with Gasteiger partial charge in [0.25, 0.3) is 5.91 Å². The Kier molecular flexibility index (Phi) is 5.53. The van der Waals surface area contributed by atoms with Crippen LogP contribution in [0.4, 0.5) is 5.00 Å². The molecule has 0 radical (unpaired) electrons. The summed E-state index contributed by atoms with van der Waals surface area (Å²) in [5, 5.41) is 14.5. The van der Waals surface area contributed by atoms with Crippen LogP contribution in [0.1, 0.15) is 24.2 Å². The fourth-order valence-corrected chi connectivity index (χ4v) is 1.67. The van der Waals surface area contributed by atoms with Gasteiger partial charge in [-0.1, -0.05) is 11.3 Å². The molecule has 0 atom stereocenters. The maximum atomic E-state index is 11.7. The van der Waals surface area contributed by atoms with Crippen molar-refractivity contribution in [2.75, 3.05) is 6.54 Å². The highest BCUT2D eigenvalue weighted by Crippen LogP contribution is 2.22. The minimum atomic E-state index is -0.520. The molecule has 0 aliphatic rings. The zero-order valence-electron chi connectivity index (χ0n) is 9.43. The summed E-state index contributed by atoms with van der Waals surface area (Å²) in [5.74, 6) is -0.347. The Bertz CT molecular complexity index is 419. The number of hydrogen-bond donors (Lipinski definition) is 2. The minimum Gasteiger partial charge on any atom is -0.346 e. The highest BCUT2D eigenvalue weighted by Gasteiger charge is 2.21. The van der Waals surface area contributed by atoms with Gasteiger partial charge in [0.2, 0.25) is 0 Å². The van der Waals surface area contributed by atoms with Crippen LogP contribution in [0, 0.1) is 10.1 Å². The molecule has 1 amide bonds. The molecule has 0 unspecified atom stereocenters. The third kappa shape index (κ3) is 4.29. The van der Waals surface area contributed by atoms with Crippen molar-refractivity contribution in [3.8, 4) is 0 Å². The van der Waals surface area contributed by atoms with Crippen LogP contribution in [0.5, 0.6) is 0 Å². The summed E-state index contributed by atoms with van der Waals surface area (Å²) in [4.78, 5) is 21.6. The monoisotopic (exact) mass is 279 g/mol. The molecule has 0 aliphatic heterocycles. The minimum absolute atomic E-state index is 0. The van der Waals surface area contributed by atoms with Gasteiger partial charge in [-0.3, -0.25) is 14.9 Å². The number of rotatable bonds is 4. The molecule has 1 heterocycles. The summed E-state index contributed by atoms with van der Waals surface area (Å²) in [5.41, 5.74) is 5.24. The quantitative estimate of drug-likeness (QED) is 0.645. The molecule has 17 heavy (non-hydrogen) atoms. The molecule has 0 saturated carbocycles. The molecule has 0 bridgehead atoms. The molecule has 0 spiro atoms. The number of nitrogens with two attached hydrogens (primary N) is 1. The number of carbonyl (C=O) groups excluding carboxylic acids is 1. The molecule has 1 rings (SSSR count). The van der Waals surface area contributed by atoms with Crippen LogP contribution in [0.3, 0.4) is 0 Å². The van der Waals surface area contributed by atoms with E-state index in [9.17, 15) is 14.9 Å². The number of halogens is 1. The first-order valence-electron chi connectivity index (χ1n) is 4.61. The lowest BCUT2D eigenvalue weighted by molar-refractivity contribution is -0.380. The summed E-state index contributed by atoms with van der Waals surface area (Å²) in [7, 11) is 0. The van der Waals surface area contributed by atoms with Gasteiger partial charge in [0.05, 0.1) is 10.5 Å². The van der Waals surface area contributed by atoms with E-state index in [0.29, 0.717) is 12.1 Å². The SMILES string of the molecule is CC(C)(CN)NC(=O)c1csc([N+](=O)[O-])c1.Cl. The Hall–Kier alpha value is -1.18. The summed E-state index contributed by atoms with van der Waals surface area (Å²) in [6, 6.07) is 1.26. The van der Waals surface area contributed by atoms with E-state index >= 15 is 0 Å². The smallest absolute Gasteiger partial charge is 0.324 e. The fraction of sp³-hybridized carbons (Fsp3) is 0.444. The van der Waals surface area contributed by atoms with Crippen LogP contribution < -0.4 is 11.1 Å². The Labute approximate surface area is 109 Å². The van der Waals surface area contributed by atoms with Gasteiger partial charge in [0.15, 0.2) is 0 Å². The average Bonchev–Trinajstić information content (AvgIpc) is 2.66. The molecular formula is C9H14ClN3O3S. The number of hydrogen-bond acceptors (Lipinski definition) is 5. The van der Waals surface area contributed by atoms with Crippen molar-refractivity contribution in [3.63, 3.8) is 0 Å². The van der Waals surface area contributed by atoms with Crippen LogP contribution in [0.2, 0.25) is 0 Å². The molecule has 8 heteroatoms. The highest BCUT2D eigenvalue weighted by molar-refractivity contribution is 7.13. The Balaban J connectivity index is 0.00000256. The predicted molar refractivity (Wildman–Crippen MR) is 68.8 cm³/mol. The molecule has 0 aliphatic carbocycles. The lowest BCUT2D eigenvalue weighted by Gasteiger charge is -2.23. The van der Waals surface area contributed by atoms with Gasteiger partial charge >= 0.3 is 5.00 Å². The maximum Gasteiger partial charge on any atom is 0.324 e. The number of amides is 1. The van der Waals surface area contributed by atoms with Crippen LogP contribution in [0.25, 0.3) is 0 Å². The summed E-state index contributed by atoms with van der Waals surface area (Å²) in [6.45, 7) is 3.86. The normalized spacial score (nSPS) is 10.5. The van der Waals surface area contributed by atoms with Gasteiger partial charge in [-0.2, -0.15) is 0 Å². The fourth-order valence-electron chi connectivity index (χ4n) is 0.970. The van der Waals surface area contributed by atoms with Gasteiger partial charge < -0.3 is 11.1 Å². The zero-order chi connectivity index (χ0) is 12.3. The second-order valence-electron chi connectivity index (χ2n) is 3.97. The number of thiophene rings is 1. The van der Waals surface area contributed by atoms with Gasteiger partial charge in [0.1, 0.15) is 0 Å². The van der Waals surface area contributed by atoms with Crippen LogP contribution >= 0.6 is 23.7 Å². The molecule has 3 N–H and O–H groups in total. The molecular weight excluding hydrogens is 266 g/mol. The summed E-state index contributed by atoms with van der Waals surface area (Å²) >= 11 is 0.928. The van der Waals surface area contributed by atoms with Crippen LogP contribution in [-0.2, 0) is 0 Å². The molecule has 0 saturated heterocycles. The van der Waals surface area contributed by atoms with Gasteiger partial charge in [0, 0.05) is 23.5 Å². The van der Waals surface area contributed by atoms with Crippen molar-refractivity contribution < 1.29 is 9.72 Å². The topological polar surface area (TPSA) is 98.3 Å². The van der Waals surface area contributed by atoms with Crippen molar-refractivity contribution >= 4 is 34.7 Å². The van der Waals surface area contributed by atoms with E-state index in [0.717, 1.165) is 11.3 Å². The summed E-state index contributed by atoms with van der Waals surface area (Å²) in [6.07, 6.45) is 0. The third-order valence-electron chi connectivity index (χ3n) is 1.99. The van der Waals surface area contributed by atoms with Crippen molar-refractivity contribution in [2.45, 2.75) is 19.4 Å². The lowest BCUT2D eigenvalue weighted by atomic mass is 10.1. The standard InChI is InChI=1S/C9H13N3O3S.ClH/c1-9(2,5-10)11-8(13)6-3-7(12(14)15)16-4-6;/h3-4H,5,10H2,1-2H3,(H,11,13);1H. The number of nitrogens with one attached hydrogen (secondary N) is 1. The van der Waals surface area contributed by atoms with E-state index in [4.69, 9.17) is 5.73 Å². The van der Waals surface area contributed by atoms with E-state index in [1.165, 1.54) is 11.4 Å². The zero-order valence-corrected chi connectivity index (χ0v) is 11.1. The molecule has 1 aromatic rings. The summed E-state index contributed by atoms with van der Waals surface area (Å²) < 4.78 is 0. The first-order valence-corrected chi connectivity index (χ1v) is 5.49. The first-order chi connectivity index (χ1) is 7.35. The molecule has 1 aromatic heterocycles. The van der Waals surface area contributed by atoms with Crippen molar-refractivity contribution in [3.05, 3.63) is 27.1 Å². The Morgan fingerprint density at radius 1 is 1.65 bits per heavy atom. The molecule has 6 nitrogen and oxygen atoms in total. The molecule has 0 aromatic carbocycles. The molecule has 96 valence electrons. The van der Waals surface area contributed by atoms with E-state index < -0.39 is 10.5 Å². The van der Waals surface area contributed by atoms with Crippen molar-refractivity contribution in [1.82, 2.24) is 5.32 Å². The van der Waals surface area contributed by atoms with E-state index in [-0.39, 0.29) is 23.3 Å². The van der Waals surface area contributed by atoms with Crippen molar-refractivity contribution in [2.24, 2.45) is 5.73 Å².